The first kappa shape index (κ1) is 15.5. The summed E-state index contributed by atoms with van der Waals surface area (Å²) in [7, 11) is 0. The number of aliphatic hydroxyl groups is 1. The van der Waals surface area contributed by atoms with Crippen LogP contribution in [0.15, 0.2) is 39.5 Å². The lowest BCUT2D eigenvalue weighted by Gasteiger charge is -2.16. The fraction of sp³-hybridized carbons (Fsp3) is 0.214. The van der Waals surface area contributed by atoms with Crippen molar-refractivity contribution in [3.05, 3.63) is 50.6 Å². The third-order valence-electron chi connectivity index (χ3n) is 2.78. The molecule has 1 heterocycles. The van der Waals surface area contributed by atoms with Crippen LogP contribution in [0.3, 0.4) is 0 Å². The van der Waals surface area contributed by atoms with Gasteiger partial charge < -0.3 is 10.4 Å². The molecule has 3 nitrogen and oxygen atoms in total. The number of hydrogen-bond acceptors (Lipinski definition) is 3. The van der Waals surface area contributed by atoms with Gasteiger partial charge >= 0.3 is 0 Å². The highest BCUT2D eigenvalue weighted by Crippen LogP contribution is 2.29. The summed E-state index contributed by atoms with van der Waals surface area (Å²) in [5, 5.41) is 17.1. The van der Waals surface area contributed by atoms with Crippen LogP contribution in [0.2, 0.25) is 0 Å². The largest absolute Gasteiger partial charge is 0.388 e. The number of amides is 1. The summed E-state index contributed by atoms with van der Waals surface area (Å²) >= 11 is 10.5. The van der Waals surface area contributed by atoms with Crippen LogP contribution in [-0.4, -0.2) is 16.9 Å². The van der Waals surface area contributed by atoms with Gasteiger partial charge in [-0.05, 0) is 40.6 Å². The van der Waals surface area contributed by atoms with E-state index in [0.29, 0.717) is 17.7 Å². The van der Waals surface area contributed by atoms with E-state index in [9.17, 15) is 9.90 Å². The molecule has 0 radical (unpaired) electrons. The summed E-state index contributed by atoms with van der Waals surface area (Å²) in [4.78, 5) is 11.4. The van der Waals surface area contributed by atoms with E-state index in [-0.39, 0.29) is 11.8 Å². The molecule has 0 spiro atoms. The maximum atomic E-state index is 11.4. The number of hydrogen-bond donors (Lipinski definition) is 2. The first-order chi connectivity index (χ1) is 9.60. The second kappa shape index (κ2) is 7.22. The molecule has 0 saturated carbocycles. The normalized spacial score (nSPS) is 12.2. The number of nitrogens with one attached hydrogen (secondary N) is 1. The number of carbonyl (C=O) groups excluding carboxylic acids is 1. The van der Waals surface area contributed by atoms with E-state index in [1.54, 1.807) is 23.5 Å². The predicted octanol–water partition coefficient (Wildman–Crippen LogP) is 3.96. The van der Waals surface area contributed by atoms with E-state index < -0.39 is 6.10 Å². The van der Waals surface area contributed by atoms with Crippen molar-refractivity contribution in [2.45, 2.75) is 12.5 Å². The first-order valence-electron chi connectivity index (χ1n) is 5.94. The van der Waals surface area contributed by atoms with Gasteiger partial charge in [-0.3, -0.25) is 4.79 Å². The van der Waals surface area contributed by atoms with E-state index in [0.717, 1.165) is 10.0 Å². The highest BCUT2D eigenvalue weighted by Gasteiger charge is 2.15. The van der Waals surface area contributed by atoms with Gasteiger partial charge in [-0.1, -0.05) is 15.9 Å². The Balaban J connectivity index is 2.23. The fourth-order valence-electron chi connectivity index (χ4n) is 1.85. The topological polar surface area (TPSA) is 49.3 Å². The zero-order chi connectivity index (χ0) is 14.5. The van der Waals surface area contributed by atoms with Crippen LogP contribution in [0.4, 0.5) is 5.69 Å². The standard InChI is InChI=1S/C14H13BrClNO2S/c15-10-1-2-12(17-14(19)7-16)11(6-10)13(18)5-9-3-4-20-8-9/h1-4,6,8,13,18H,5,7H2,(H,17,19). The van der Waals surface area contributed by atoms with Crippen LogP contribution in [0.5, 0.6) is 0 Å². The van der Waals surface area contributed by atoms with Gasteiger partial charge in [0.25, 0.3) is 0 Å². The van der Waals surface area contributed by atoms with Crippen LogP contribution in [0.1, 0.15) is 17.2 Å². The Morgan fingerprint density at radius 1 is 1.45 bits per heavy atom. The molecule has 1 aromatic carbocycles. The molecule has 0 saturated heterocycles. The Bertz CT molecular complexity index is 589. The lowest BCUT2D eigenvalue weighted by molar-refractivity contribution is -0.113. The quantitative estimate of drug-likeness (QED) is 0.778. The number of thiophene rings is 1. The maximum Gasteiger partial charge on any atom is 0.239 e. The number of alkyl halides is 1. The molecule has 106 valence electrons. The second-order valence-corrected chi connectivity index (χ2v) is 6.23. The smallest absolute Gasteiger partial charge is 0.239 e. The van der Waals surface area contributed by atoms with Gasteiger partial charge in [0.05, 0.1) is 6.10 Å². The van der Waals surface area contributed by atoms with Gasteiger partial charge in [-0.25, -0.2) is 0 Å². The first-order valence-corrected chi connectivity index (χ1v) is 8.21. The van der Waals surface area contributed by atoms with Crippen molar-refractivity contribution < 1.29 is 9.90 Å². The van der Waals surface area contributed by atoms with Crippen molar-refractivity contribution in [3.8, 4) is 0 Å². The molecule has 0 bridgehead atoms. The Morgan fingerprint density at radius 2 is 2.25 bits per heavy atom. The number of rotatable bonds is 5. The molecule has 2 rings (SSSR count). The highest BCUT2D eigenvalue weighted by molar-refractivity contribution is 9.10. The number of benzene rings is 1. The lowest BCUT2D eigenvalue weighted by atomic mass is 10.0. The zero-order valence-electron chi connectivity index (χ0n) is 10.5. The van der Waals surface area contributed by atoms with Gasteiger partial charge in [0.15, 0.2) is 0 Å². The van der Waals surface area contributed by atoms with E-state index >= 15 is 0 Å². The molecule has 0 fully saturated rings. The third kappa shape index (κ3) is 4.06. The number of halogens is 2. The van der Waals surface area contributed by atoms with Gasteiger partial charge in [-0.15, -0.1) is 11.6 Å². The van der Waals surface area contributed by atoms with Crippen LogP contribution < -0.4 is 5.32 Å². The molecule has 1 amide bonds. The summed E-state index contributed by atoms with van der Waals surface area (Å²) < 4.78 is 0.848. The molecule has 2 aromatic rings. The minimum absolute atomic E-state index is 0.115. The Kier molecular flexibility index (Phi) is 5.60. The number of carbonyl (C=O) groups is 1. The van der Waals surface area contributed by atoms with E-state index in [2.05, 4.69) is 21.2 Å². The molecule has 2 N–H and O–H groups in total. The minimum atomic E-state index is -0.687. The Morgan fingerprint density at radius 3 is 2.90 bits per heavy atom. The van der Waals surface area contributed by atoms with Gasteiger partial charge in [-0.2, -0.15) is 11.3 Å². The van der Waals surface area contributed by atoms with Gasteiger partial charge in [0.2, 0.25) is 5.91 Å². The van der Waals surface area contributed by atoms with Crippen molar-refractivity contribution in [2.75, 3.05) is 11.2 Å². The van der Waals surface area contributed by atoms with E-state index in [1.807, 2.05) is 22.9 Å². The highest BCUT2D eigenvalue weighted by atomic mass is 79.9. The molecule has 20 heavy (non-hydrogen) atoms. The molecule has 1 atom stereocenters. The number of aliphatic hydroxyl groups excluding tert-OH is 1. The van der Waals surface area contributed by atoms with Crippen molar-refractivity contribution in [3.63, 3.8) is 0 Å². The summed E-state index contributed by atoms with van der Waals surface area (Å²) in [6.45, 7) is 0. The van der Waals surface area contributed by atoms with Crippen LogP contribution in [-0.2, 0) is 11.2 Å². The van der Waals surface area contributed by atoms with Gasteiger partial charge in [0, 0.05) is 22.1 Å². The van der Waals surface area contributed by atoms with Crippen molar-refractivity contribution in [1.82, 2.24) is 0 Å². The monoisotopic (exact) mass is 373 g/mol. The zero-order valence-corrected chi connectivity index (χ0v) is 13.6. The van der Waals surface area contributed by atoms with Crippen molar-refractivity contribution in [2.24, 2.45) is 0 Å². The van der Waals surface area contributed by atoms with Crippen LogP contribution >= 0.6 is 38.9 Å². The molecule has 1 unspecified atom stereocenters. The van der Waals surface area contributed by atoms with E-state index in [1.165, 1.54) is 0 Å². The Labute approximate surface area is 134 Å². The molecular formula is C14H13BrClNO2S. The Hall–Kier alpha value is -0.880. The van der Waals surface area contributed by atoms with Gasteiger partial charge in [0.1, 0.15) is 5.88 Å². The average Bonchev–Trinajstić information content (AvgIpc) is 2.93. The number of anilines is 1. The molecule has 0 aliphatic carbocycles. The summed E-state index contributed by atoms with van der Waals surface area (Å²) in [6.07, 6.45) is -0.184. The molecule has 6 heteroatoms. The van der Waals surface area contributed by atoms with Crippen LogP contribution in [0, 0.1) is 0 Å². The summed E-state index contributed by atoms with van der Waals surface area (Å²) in [5.74, 6) is -0.408. The summed E-state index contributed by atoms with van der Waals surface area (Å²) in [6, 6.07) is 7.34. The second-order valence-electron chi connectivity index (χ2n) is 4.26. The van der Waals surface area contributed by atoms with Crippen molar-refractivity contribution >= 4 is 50.5 Å². The molecular weight excluding hydrogens is 362 g/mol. The molecule has 1 aromatic heterocycles. The minimum Gasteiger partial charge on any atom is -0.388 e. The predicted molar refractivity (Wildman–Crippen MR) is 86.5 cm³/mol. The lowest BCUT2D eigenvalue weighted by Crippen LogP contribution is -2.15. The van der Waals surface area contributed by atoms with E-state index in [4.69, 9.17) is 11.6 Å². The van der Waals surface area contributed by atoms with Crippen LogP contribution in [0.25, 0.3) is 0 Å². The third-order valence-corrected chi connectivity index (χ3v) is 4.25. The maximum absolute atomic E-state index is 11.4. The molecule has 0 aliphatic rings. The summed E-state index contributed by atoms with van der Waals surface area (Å²) in [5.41, 5.74) is 2.32. The fourth-order valence-corrected chi connectivity index (χ4v) is 2.98. The van der Waals surface area contributed by atoms with Crippen molar-refractivity contribution in [1.29, 1.82) is 0 Å². The average molecular weight is 375 g/mol. The molecule has 0 aliphatic heterocycles. The SMILES string of the molecule is O=C(CCl)Nc1ccc(Br)cc1C(O)Cc1ccsc1.